The van der Waals surface area contributed by atoms with Crippen molar-refractivity contribution in [1.82, 2.24) is 4.98 Å². The highest BCUT2D eigenvalue weighted by Gasteiger charge is 2.14. The maximum Gasteiger partial charge on any atom is 0.225 e. The molecule has 6 nitrogen and oxygen atoms in total. The fourth-order valence-corrected chi connectivity index (χ4v) is 2.35. The highest BCUT2D eigenvalue weighted by atomic mass is 16.5. The molecule has 0 aliphatic heterocycles. The minimum absolute atomic E-state index is 0.0921. The largest absolute Gasteiger partial charge is 0.493 e. The third-order valence-corrected chi connectivity index (χ3v) is 3.63. The first-order valence-corrected chi connectivity index (χ1v) is 7.59. The summed E-state index contributed by atoms with van der Waals surface area (Å²) in [5.41, 5.74) is 1.86. The van der Waals surface area contributed by atoms with E-state index in [0.29, 0.717) is 35.9 Å². The number of aromatic nitrogens is 1. The summed E-state index contributed by atoms with van der Waals surface area (Å²) in [6.07, 6.45) is 2.53. The number of hydrogen-bond donors (Lipinski definition) is 1. The quantitative estimate of drug-likeness (QED) is 0.845. The molecule has 0 spiro atoms. The van der Waals surface area contributed by atoms with Crippen molar-refractivity contribution in [1.29, 1.82) is 0 Å². The maximum atomic E-state index is 12.1. The van der Waals surface area contributed by atoms with Crippen molar-refractivity contribution in [3.8, 4) is 17.2 Å². The molecular weight excluding hydrogens is 308 g/mol. The molecule has 0 bridgehead atoms. The highest BCUT2D eigenvalue weighted by Crippen LogP contribution is 2.38. The number of carbonyl (C=O) groups is 1. The van der Waals surface area contributed by atoms with Crippen LogP contribution in [0.3, 0.4) is 0 Å². The van der Waals surface area contributed by atoms with Gasteiger partial charge in [-0.1, -0.05) is 6.07 Å². The SMILES string of the molecule is COc1cc(CCC(=O)Nc2ncccc2C)cc(OC)c1OC. The molecule has 24 heavy (non-hydrogen) atoms. The summed E-state index contributed by atoms with van der Waals surface area (Å²) >= 11 is 0. The lowest BCUT2D eigenvalue weighted by molar-refractivity contribution is -0.116. The van der Waals surface area contributed by atoms with Crippen LogP contribution in [0.2, 0.25) is 0 Å². The van der Waals surface area contributed by atoms with Crippen LogP contribution in [0.1, 0.15) is 17.5 Å². The molecule has 128 valence electrons. The van der Waals surface area contributed by atoms with Crippen molar-refractivity contribution in [2.24, 2.45) is 0 Å². The van der Waals surface area contributed by atoms with Crippen LogP contribution >= 0.6 is 0 Å². The molecule has 1 aromatic heterocycles. The van der Waals surface area contributed by atoms with Crippen LogP contribution in [0.5, 0.6) is 17.2 Å². The number of pyridine rings is 1. The van der Waals surface area contributed by atoms with Gasteiger partial charge >= 0.3 is 0 Å². The normalized spacial score (nSPS) is 10.2. The number of aryl methyl sites for hydroxylation is 2. The summed E-state index contributed by atoms with van der Waals surface area (Å²) in [7, 11) is 4.69. The van der Waals surface area contributed by atoms with Gasteiger partial charge in [0.2, 0.25) is 11.7 Å². The number of hydrogen-bond acceptors (Lipinski definition) is 5. The van der Waals surface area contributed by atoms with Crippen LogP contribution in [-0.2, 0) is 11.2 Å². The zero-order valence-corrected chi connectivity index (χ0v) is 14.4. The minimum Gasteiger partial charge on any atom is -0.493 e. The average Bonchev–Trinajstić information content (AvgIpc) is 2.60. The molecule has 0 aliphatic carbocycles. The summed E-state index contributed by atoms with van der Waals surface area (Å²) in [6.45, 7) is 1.90. The Morgan fingerprint density at radius 2 is 1.79 bits per heavy atom. The van der Waals surface area contributed by atoms with Gasteiger partial charge in [0.25, 0.3) is 0 Å². The number of anilines is 1. The van der Waals surface area contributed by atoms with E-state index in [9.17, 15) is 4.79 Å². The van der Waals surface area contributed by atoms with Crippen LogP contribution < -0.4 is 19.5 Å². The van der Waals surface area contributed by atoms with Gasteiger partial charge in [0.15, 0.2) is 11.5 Å². The average molecular weight is 330 g/mol. The van der Waals surface area contributed by atoms with Gasteiger partial charge in [0, 0.05) is 12.6 Å². The van der Waals surface area contributed by atoms with Crippen LogP contribution in [0.25, 0.3) is 0 Å². The lowest BCUT2D eigenvalue weighted by Gasteiger charge is -2.14. The molecule has 1 aromatic carbocycles. The van der Waals surface area contributed by atoms with E-state index in [1.165, 1.54) is 0 Å². The number of nitrogens with one attached hydrogen (secondary N) is 1. The molecule has 1 N–H and O–H groups in total. The standard InChI is InChI=1S/C18H22N2O4/c1-12-6-5-9-19-18(12)20-16(21)8-7-13-10-14(22-2)17(24-4)15(11-13)23-3/h5-6,9-11H,7-8H2,1-4H3,(H,19,20,21). The summed E-state index contributed by atoms with van der Waals surface area (Å²) in [6, 6.07) is 7.43. The lowest BCUT2D eigenvalue weighted by atomic mass is 10.1. The van der Waals surface area contributed by atoms with Crippen molar-refractivity contribution in [3.05, 3.63) is 41.6 Å². The minimum atomic E-state index is -0.0921. The zero-order valence-electron chi connectivity index (χ0n) is 14.4. The van der Waals surface area contributed by atoms with Gasteiger partial charge in [-0.15, -0.1) is 0 Å². The second-order valence-electron chi connectivity index (χ2n) is 5.25. The lowest BCUT2D eigenvalue weighted by Crippen LogP contribution is -2.14. The molecule has 0 saturated heterocycles. The summed E-state index contributed by atoms with van der Waals surface area (Å²) in [4.78, 5) is 16.3. The van der Waals surface area contributed by atoms with Gasteiger partial charge in [-0.2, -0.15) is 0 Å². The van der Waals surface area contributed by atoms with E-state index < -0.39 is 0 Å². The van der Waals surface area contributed by atoms with E-state index >= 15 is 0 Å². The summed E-state index contributed by atoms with van der Waals surface area (Å²) < 4.78 is 15.9. The van der Waals surface area contributed by atoms with Crippen molar-refractivity contribution in [2.75, 3.05) is 26.6 Å². The van der Waals surface area contributed by atoms with Gasteiger partial charge in [-0.05, 0) is 42.7 Å². The Morgan fingerprint density at radius 3 is 2.33 bits per heavy atom. The van der Waals surface area contributed by atoms with Gasteiger partial charge in [0.05, 0.1) is 21.3 Å². The molecule has 0 unspecified atom stereocenters. The smallest absolute Gasteiger partial charge is 0.225 e. The molecule has 0 atom stereocenters. The third kappa shape index (κ3) is 4.16. The molecule has 1 heterocycles. The molecule has 2 rings (SSSR count). The van der Waals surface area contributed by atoms with E-state index in [4.69, 9.17) is 14.2 Å². The number of benzene rings is 1. The maximum absolute atomic E-state index is 12.1. The first kappa shape index (κ1) is 17.6. The number of rotatable bonds is 7. The number of carbonyl (C=O) groups excluding carboxylic acids is 1. The Balaban J connectivity index is 2.06. The first-order chi connectivity index (χ1) is 11.6. The third-order valence-electron chi connectivity index (χ3n) is 3.63. The van der Waals surface area contributed by atoms with Crippen LogP contribution in [0.15, 0.2) is 30.5 Å². The van der Waals surface area contributed by atoms with E-state index in [0.717, 1.165) is 11.1 Å². The topological polar surface area (TPSA) is 69.7 Å². The van der Waals surface area contributed by atoms with Crippen molar-refractivity contribution < 1.29 is 19.0 Å². The van der Waals surface area contributed by atoms with Crippen molar-refractivity contribution in [2.45, 2.75) is 19.8 Å². The number of methoxy groups -OCH3 is 3. The second-order valence-corrected chi connectivity index (χ2v) is 5.25. The Hall–Kier alpha value is -2.76. The van der Waals surface area contributed by atoms with Crippen LogP contribution in [-0.4, -0.2) is 32.2 Å². The number of nitrogens with zero attached hydrogens (tertiary/aromatic N) is 1. The van der Waals surface area contributed by atoms with E-state index in [2.05, 4.69) is 10.3 Å². The van der Waals surface area contributed by atoms with Gasteiger partial charge in [-0.25, -0.2) is 4.98 Å². The predicted molar refractivity (Wildman–Crippen MR) is 92.0 cm³/mol. The number of ether oxygens (including phenoxy) is 3. The van der Waals surface area contributed by atoms with Gasteiger partial charge in [-0.3, -0.25) is 4.79 Å². The molecule has 0 aliphatic rings. The predicted octanol–water partition coefficient (Wildman–Crippen LogP) is 2.99. The fourth-order valence-electron chi connectivity index (χ4n) is 2.35. The van der Waals surface area contributed by atoms with E-state index in [1.807, 2.05) is 31.2 Å². The monoisotopic (exact) mass is 330 g/mol. The van der Waals surface area contributed by atoms with Crippen molar-refractivity contribution >= 4 is 11.7 Å². The zero-order chi connectivity index (χ0) is 17.5. The highest BCUT2D eigenvalue weighted by molar-refractivity contribution is 5.90. The van der Waals surface area contributed by atoms with E-state index in [-0.39, 0.29) is 5.91 Å². The molecule has 6 heteroatoms. The second kappa shape index (κ2) is 8.19. The Kier molecular flexibility index (Phi) is 6.01. The Bertz CT molecular complexity index is 691. The molecule has 0 fully saturated rings. The molecule has 2 aromatic rings. The molecule has 1 amide bonds. The van der Waals surface area contributed by atoms with E-state index in [1.54, 1.807) is 27.5 Å². The summed E-state index contributed by atoms with van der Waals surface area (Å²) in [5, 5.41) is 2.82. The number of amides is 1. The van der Waals surface area contributed by atoms with Crippen LogP contribution in [0, 0.1) is 6.92 Å². The first-order valence-electron chi connectivity index (χ1n) is 7.59. The van der Waals surface area contributed by atoms with Gasteiger partial charge < -0.3 is 19.5 Å². The summed E-state index contributed by atoms with van der Waals surface area (Å²) in [5.74, 6) is 2.19. The molecule has 0 radical (unpaired) electrons. The Morgan fingerprint density at radius 1 is 1.12 bits per heavy atom. The fraction of sp³-hybridized carbons (Fsp3) is 0.333. The van der Waals surface area contributed by atoms with Gasteiger partial charge in [0.1, 0.15) is 5.82 Å². The van der Waals surface area contributed by atoms with Crippen molar-refractivity contribution in [3.63, 3.8) is 0 Å². The molecule has 0 saturated carbocycles. The van der Waals surface area contributed by atoms with Crippen LogP contribution in [0.4, 0.5) is 5.82 Å². The molecular formula is C18H22N2O4. The Labute approximate surface area is 141 Å².